The summed E-state index contributed by atoms with van der Waals surface area (Å²) >= 11 is 12.0. The molecule has 9 heteroatoms. The monoisotopic (exact) mass is 488 g/mol. The Morgan fingerprint density at radius 3 is 2.48 bits per heavy atom. The lowest BCUT2D eigenvalue weighted by Gasteiger charge is -2.19. The fraction of sp³-hybridized carbons (Fsp3) is 0.292. The van der Waals surface area contributed by atoms with E-state index in [4.69, 9.17) is 27.9 Å². The number of benzene rings is 2. The molecule has 3 aromatic rings. The molecule has 174 valence electrons. The second-order valence-electron chi connectivity index (χ2n) is 7.21. The molecule has 0 bridgehead atoms. The van der Waals surface area contributed by atoms with Crippen LogP contribution >= 0.6 is 23.2 Å². The van der Waals surface area contributed by atoms with Gasteiger partial charge in [-0.1, -0.05) is 41.4 Å². The number of ether oxygens (including phenoxy) is 1. The smallest absolute Gasteiger partial charge is 0.259 e. The Labute approximate surface area is 203 Å². The van der Waals surface area contributed by atoms with Crippen molar-refractivity contribution in [3.8, 4) is 11.4 Å². The molecule has 0 saturated carbocycles. The Bertz CT molecular complexity index is 1100. The van der Waals surface area contributed by atoms with Crippen LogP contribution < -0.4 is 10.1 Å². The molecule has 7 nitrogen and oxygen atoms in total. The third-order valence-electron chi connectivity index (χ3n) is 5.01. The van der Waals surface area contributed by atoms with Crippen molar-refractivity contribution in [2.75, 3.05) is 25.0 Å². The first-order valence-electron chi connectivity index (χ1n) is 10.7. The van der Waals surface area contributed by atoms with Gasteiger partial charge in [-0.2, -0.15) is 5.10 Å². The third-order valence-corrected chi connectivity index (χ3v) is 5.54. The number of anilines is 1. The predicted octanol–water partition coefficient (Wildman–Crippen LogP) is 5.46. The van der Waals surface area contributed by atoms with Crippen molar-refractivity contribution in [1.29, 1.82) is 0 Å². The molecule has 0 aliphatic carbocycles. The fourth-order valence-corrected chi connectivity index (χ4v) is 3.74. The molecule has 1 heterocycles. The summed E-state index contributed by atoms with van der Waals surface area (Å²) < 4.78 is 7.21. The van der Waals surface area contributed by atoms with Crippen LogP contribution in [-0.4, -0.2) is 46.2 Å². The Balaban J connectivity index is 1.70. The molecule has 33 heavy (non-hydrogen) atoms. The summed E-state index contributed by atoms with van der Waals surface area (Å²) in [5.41, 5.74) is 1.09. The van der Waals surface area contributed by atoms with Gasteiger partial charge in [-0.15, -0.1) is 0 Å². The molecule has 0 saturated heterocycles. The minimum atomic E-state index is -0.243. The Hall–Kier alpha value is -3.03. The Morgan fingerprint density at radius 2 is 1.82 bits per heavy atom. The molecule has 0 unspecified atom stereocenters. The first-order valence-corrected chi connectivity index (χ1v) is 11.5. The van der Waals surface area contributed by atoms with E-state index in [1.165, 1.54) is 6.20 Å². The standard InChI is InChI=1S/C24H26Cl2N4O3/c1-3-29(4-2)24(32)19-16-27-30(18-9-6-5-7-10-18)23(19)28-22(31)11-8-14-33-21-13-12-17(25)15-20(21)26/h5-7,9-10,12-13,15-16H,3-4,8,11,14H2,1-2H3,(H,28,31). The van der Waals surface area contributed by atoms with Crippen molar-refractivity contribution < 1.29 is 14.3 Å². The van der Waals surface area contributed by atoms with E-state index in [0.717, 1.165) is 5.69 Å². The van der Waals surface area contributed by atoms with Gasteiger partial charge in [0.1, 0.15) is 17.1 Å². The number of aromatic nitrogens is 2. The van der Waals surface area contributed by atoms with Crippen molar-refractivity contribution in [2.45, 2.75) is 26.7 Å². The van der Waals surface area contributed by atoms with Crippen LogP contribution in [0.1, 0.15) is 37.0 Å². The van der Waals surface area contributed by atoms with Gasteiger partial charge in [0.15, 0.2) is 0 Å². The average molecular weight is 489 g/mol. The molecule has 1 N–H and O–H groups in total. The number of hydrogen-bond donors (Lipinski definition) is 1. The molecule has 0 atom stereocenters. The molecular formula is C24H26Cl2N4O3. The highest BCUT2D eigenvalue weighted by Crippen LogP contribution is 2.27. The number of amides is 2. The Kier molecular flexibility index (Phi) is 8.74. The number of hydrogen-bond acceptors (Lipinski definition) is 4. The lowest BCUT2D eigenvalue weighted by atomic mass is 10.2. The summed E-state index contributed by atoms with van der Waals surface area (Å²) in [6.07, 6.45) is 2.16. The molecule has 0 radical (unpaired) electrons. The number of carbonyl (C=O) groups excluding carboxylic acids is 2. The van der Waals surface area contributed by atoms with E-state index in [2.05, 4.69) is 10.4 Å². The number of para-hydroxylation sites is 1. The lowest BCUT2D eigenvalue weighted by molar-refractivity contribution is -0.116. The quantitative estimate of drug-likeness (QED) is 0.384. The summed E-state index contributed by atoms with van der Waals surface area (Å²) in [6.45, 7) is 5.24. The van der Waals surface area contributed by atoms with E-state index in [1.54, 1.807) is 27.8 Å². The van der Waals surface area contributed by atoms with Crippen molar-refractivity contribution in [3.05, 3.63) is 70.3 Å². The lowest BCUT2D eigenvalue weighted by Crippen LogP contribution is -2.31. The highest BCUT2D eigenvalue weighted by Gasteiger charge is 2.23. The summed E-state index contributed by atoms with van der Waals surface area (Å²) in [7, 11) is 0. The molecule has 2 aromatic carbocycles. The number of rotatable bonds is 10. The van der Waals surface area contributed by atoms with Gasteiger partial charge in [-0.3, -0.25) is 9.59 Å². The van der Waals surface area contributed by atoms with E-state index < -0.39 is 0 Å². The van der Waals surface area contributed by atoms with Crippen molar-refractivity contribution >= 4 is 40.8 Å². The Morgan fingerprint density at radius 1 is 1.09 bits per heavy atom. The van der Waals surface area contributed by atoms with Crippen molar-refractivity contribution in [1.82, 2.24) is 14.7 Å². The zero-order valence-electron chi connectivity index (χ0n) is 18.6. The second-order valence-corrected chi connectivity index (χ2v) is 8.05. The van der Waals surface area contributed by atoms with Crippen LogP contribution in [0.5, 0.6) is 5.75 Å². The zero-order chi connectivity index (χ0) is 23.8. The predicted molar refractivity (Wildman–Crippen MR) is 131 cm³/mol. The topological polar surface area (TPSA) is 76.5 Å². The van der Waals surface area contributed by atoms with Gasteiger partial charge in [-0.05, 0) is 50.6 Å². The summed E-state index contributed by atoms with van der Waals surface area (Å²) in [6, 6.07) is 14.3. The molecule has 0 spiro atoms. The maximum atomic E-state index is 13.0. The summed E-state index contributed by atoms with van der Waals surface area (Å²) in [4.78, 5) is 27.4. The van der Waals surface area contributed by atoms with Crippen LogP contribution in [0.25, 0.3) is 5.69 Å². The normalized spacial score (nSPS) is 10.7. The van der Waals surface area contributed by atoms with Gasteiger partial charge in [0.25, 0.3) is 5.91 Å². The van der Waals surface area contributed by atoms with Crippen LogP contribution in [0, 0.1) is 0 Å². The maximum Gasteiger partial charge on any atom is 0.259 e. The number of nitrogens with zero attached hydrogens (tertiary/aromatic N) is 3. The zero-order valence-corrected chi connectivity index (χ0v) is 20.1. The highest BCUT2D eigenvalue weighted by atomic mass is 35.5. The van der Waals surface area contributed by atoms with E-state index >= 15 is 0 Å². The van der Waals surface area contributed by atoms with Gasteiger partial charge in [0, 0.05) is 24.5 Å². The number of carbonyl (C=O) groups is 2. The molecule has 0 fully saturated rings. The van der Waals surface area contributed by atoms with Crippen LogP contribution in [0.2, 0.25) is 10.0 Å². The van der Waals surface area contributed by atoms with E-state index in [1.807, 2.05) is 44.2 Å². The van der Waals surface area contributed by atoms with Gasteiger partial charge in [-0.25, -0.2) is 4.68 Å². The molecule has 2 amide bonds. The third kappa shape index (κ3) is 6.27. The SMILES string of the molecule is CCN(CC)C(=O)c1cnn(-c2ccccc2)c1NC(=O)CCCOc1ccc(Cl)cc1Cl. The average Bonchev–Trinajstić information content (AvgIpc) is 3.22. The molecule has 1 aromatic heterocycles. The van der Waals surface area contributed by atoms with Crippen LogP contribution in [0.3, 0.4) is 0 Å². The van der Waals surface area contributed by atoms with Crippen molar-refractivity contribution in [2.24, 2.45) is 0 Å². The molecule has 0 aliphatic heterocycles. The first-order chi connectivity index (χ1) is 15.9. The van der Waals surface area contributed by atoms with Crippen LogP contribution in [0.15, 0.2) is 54.7 Å². The van der Waals surface area contributed by atoms with Gasteiger partial charge in [0.05, 0.1) is 23.5 Å². The van der Waals surface area contributed by atoms with Gasteiger partial charge in [0.2, 0.25) is 5.91 Å². The first kappa shape index (κ1) is 24.6. The molecule has 3 rings (SSSR count). The van der Waals surface area contributed by atoms with Crippen LogP contribution in [0.4, 0.5) is 5.82 Å². The fourth-order valence-electron chi connectivity index (χ4n) is 3.27. The largest absolute Gasteiger partial charge is 0.492 e. The van der Waals surface area contributed by atoms with Crippen LogP contribution in [-0.2, 0) is 4.79 Å². The minimum absolute atomic E-state index is 0.182. The summed E-state index contributed by atoms with van der Waals surface area (Å²) in [5, 5.41) is 8.18. The highest BCUT2D eigenvalue weighted by molar-refractivity contribution is 6.35. The molecule has 0 aliphatic rings. The number of nitrogens with one attached hydrogen (secondary N) is 1. The van der Waals surface area contributed by atoms with E-state index in [9.17, 15) is 9.59 Å². The second kappa shape index (κ2) is 11.7. The van der Waals surface area contributed by atoms with E-state index in [-0.39, 0.29) is 18.2 Å². The maximum absolute atomic E-state index is 13.0. The van der Waals surface area contributed by atoms with Crippen molar-refractivity contribution in [3.63, 3.8) is 0 Å². The van der Waals surface area contributed by atoms with Gasteiger partial charge < -0.3 is 15.0 Å². The molecular weight excluding hydrogens is 463 g/mol. The summed E-state index contributed by atoms with van der Waals surface area (Å²) in [5.74, 6) is 0.436. The number of halogens is 2. The van der Waals surface area contributed by atoms with E-state index in [0.29, 0.717) is 53.3 Å². The van der Waals surface area contributed by atoms with Gasteiger partial charge >= 0.3 is 0 Å². The minimum Gasteiger partial charge on any atom is -0.492 e.